The van der Waals surface area contributed by atoms with Crippen LogP contribution in [0.3, 0.4) is 0 Å². The number of nitrogens with two attached hydrogens (primary N) is 1. The molecule has 7 heteroatoms. The maximum absolute atomic E-state index is 11.6. The highest BCUT2D eigenvalue weighted by Crippen LogP contribution is 2.19. The molecule has 0 saturated heterocycles. The molecule has 2 aromatic rings. The summed E-state index contributed by atoms with van der Waals surface area (Å²) in [6.07, 6.45) is 1.69. The second-order valence-electron chi connectivity index (χ2n) is 3.16. The molecule has 2 heterocycles. The zero-order valence-electron chi connectivity index (χ0n) is 8.58. The summed E-state index contributed by atoms with van der Waals surface area (Å²) in [6, 6.07) is 1.67. The molecule has 2 aromatic heterocycles. The van der Waals surface area contributed by atoms with Gasteiger partial charge in [-0.2, -0.15) is 0 Å². The average Bonchev–Trinajstić information content (AvgIpc) is 2.84. The molecule has 6 nitrogen and oxygen atoms in total. The molecule has 0 aliphatic carbocycles. The second kappa shape index (κ2) is 4.31. The Morgan fingerprint density at radius 1 is 1.69 bits per heavy atom. The Balaban J connectivity index is 1.96. The Morgan fingerprint density at radius 2 is 2.50 bits per heavy atom. The summed E-state index contributed by atoms with van der Waals surface area (Å²) in [5.74, 6) is -0.432. The normalized spacial score (nSPS) is 10.3. The van der Waals surface area contributed by atoms with E-state index in [2.05, 4.69) is 10.3 Å². The predicted octanol–water partition coefficient (Wildman–Crippen LogP) is 0.816. The van der Waals surface area contributed by atoms with E-state index in [9.17, 15) is 4.79 Å². The molecule has 0 spiro atoms. The SMILES string of the molecule is Cn1cc(COC(=O)c2sccc2N)nn1. The topological polar surface area (TPSA) is 83.0 Å². The van der Waals surface area contributed by atoms with E-state index >= 15 is 0 Å². The van der Waals surface area contributed by atoms with Crippen LogP contribution in [-0.4, -0.2) is 21.0 Å². The molecule has 0 saturated carbocycles. The van der Waals surface area contributed by atoms with Crippen molar-refractivity contribution in [3.8, 4) is 0 Å². The first-order valence-corrected chi connectivity index (χ1v) is 5.40. The van der Waals surface area contributed by atoms with Gasteiger partial charge in [-0.15, -0.1) is 16.4 Å². The standard InChI is InChI=1S/C9H10N4O2S/c1-13-4-6(11-12-13)5-15-9(14)8-7(10)2-3-16-8/h2-4H,5,10H2,1H3. The van der Waals surface area contributed by atoms with Gasteiger partial charge in [0, 0.05) is 7.05 Å². The molecule has 0 atom stereocenters. The third-order valence-electron chi connectivity index (χ3n) is 1.88. The van der Waals surface area contributed by atoms with Crippen molar-refractivity contribution in [2.24, 2.45) is 7.05 Å². The van der Waals surface area contributed by atoms with Gasteiger partial charge in [-0.05, 0) is 11.4 Å². The van der Waals surface area contributed by atoms with Gasteiger partial charge >= 0.3 is 5.97 Å². The lowest BCUT2D eigenvalue weighted by Gasteiger charge is -2.00. The lowest BCUT2D eigenvalue weighted by Crippen LogP contribution is -2.05. The van der Waals surface area contributed by atoms with E-state index in [0.717, 1.165) is 0 Å². The number of anilines is 1. The molecule has 0 aliphatic rings. The number of nitrogen functional groups attached to an aromatic ring is 1. The van der Waals surface area contributed by atoms with Crippen molar-refractivity contribution in [2.45, 2.75) is 6.61 Å². The Bertz CT molecular complexity index is 505. The van der Waals surface area contributed by atoms with Gasteiger partial charge in [-0.1, -0.05) is 5.21 Å². The van der Waals surface area contributed by atoms with Crippen LogP contribution in [0.1, 0.15) is 15.4 Å². The largest absolute Gasteiger partial charge is 0.455 e. The highest BCUT2D eigenvalue weighted by molar-refractivity contribution is 7.12. The van der Waals surface area contributed by atoms with Crippen LogP contribution in [0, 0.1) is 0 Å². The smallest absolute Gasteiger partial charge is 0.350 e. The van der Waals surface area contributed by atoms with Crippen molar-refractivity contribution in [2.75, 3.05) is 5.73 Å². The van der Waals surface area contributed by atoms with E-state index in [-0.39, 0.29) is 6.61 Å². The van der Waals surface area contributed by atoms with Crippen molar-refractivity contribution in [1.82, 2.24) is 15.0 Å². The predicted molar refractivity (Wildman–Crippen MR) is 58.9 cm³/mol. The van der Waals surface area contributed by atoms with Crippen LogP contribution in [0.5, 0.6) is 0 Å². The maximum atomic E-state index is 11.6. The number of carbonyl (C=O) groups excluding carboxylic acids is 1. The lowest BCUT2D eigenvalue weighted by atomic mass is 10.4. The molecule has 0 aromatic carbocycles. The number of ether oxygens (including phenoxy) is 1. The number of hydrogen-bond donors (Lipinski definition) is 1. The van der Waals surface area contributed by atoms with Crippen LogP contribution in [0.25, 0.3) is 0 Å². The number of aryl methyl sites for hydroxylation is 1. The Morgan fingerprint density at radius 3 is 3.06 bits per heavy atom. The van der Waals surface area contributed by atoms with Crippen LogP contribution in [0.15, 0.2) is 17.6 Å². The monoisotopic (exact) mass is 238 g/mol. The number of thiophene rings is 1. The number of nitrogens with zero attached hydrogens (tertiary/aromatic N) is 3. The molecule has 0 amide bonds. The van der Waals surface area contributed by atoms with E-state index in [0.29, 0.717) is 16.3 Å². The minimum Gasteiger partial charge on any atom is -0.455 e. The number of aromatic nitrogens is 3. The van der Waals surface area contributed by atoms with Gasteiger partial charge in [0.15, 0.2) is 0 Å². The third-order valence-corrected chi connectivity index (χ3v) is 2.79. The highest BCUT2D eigenvalue weighted by atomic mass is 32.1. The van der Waals surface area contributed by atoms with Crippen LogP contribution < -0.4 is 5.73 Å². The fourth-order valence-corrected chi connectivity index (χ4v) is 1.86. The Hall–Kier alpha value is -1.89. The molecule has 0 unspecified atom stereocenters. The summed E-state index contributed by atoms with van der Waals surface area (Å²) in [5, 5.41) is 9.27. The van der Waals surface area contributed by atoms with Gasteiger partial charge in [0.1, 0.15) is 17.2 Å². The van der Waals surface area contributed by atoms with Gasteiger partial charge < -0.3 is 10.5 Å². The summed E-state index contributed by atoms with van der Waals surface area (Å²) in [7, 11) is 1.75. The fourth-order valence-electron chi connectivity index (χ4n) is 1.15. The number of esters is 1. The first kappa shape index (κ1) is 10.6. The fraction of sp³-hybridized carbons (Fsp3) is 0.222. The highest BCUT2D eigenvalue weighted by Gasteiger charge is 2.13. The third kappa shape index (κ3) is 2.19. The molecule has 84 valence electrons. The van der Waals surface area contributed by atoms with E-state index in [1.165, 1.54) is 11.3 Å². The van der Waals surface area contributed by atoms with E-state index in [4.69, 9.17) is 10.5 Å². The van der Waals surface area contributed by atoms with Crippen molar-refractivity contribution >= 4 is 23.0 Å². The van der Waals surface area contributed by atoms with Gasteiger partial charge in [0.25, 0.3) is 0 Å². The first-order valence-electron chi connectivity index (χ1n) is 4.52. The van der Waals surface area contributed by atoms with Crippen molar-refractivity contribution in [1.29, 1.82) is 0 Å². The van der Waals surface area contributed by atoms with Crippen LogP contribution in [-0.2, 0) is 18.4 Å². The Kier molecular flexibility index (Phi) is 2.86. The second-order valence-corrected chi connectivity index (χ2v) is 4.08. The van der Waals surface area contributed by atoms with Crippen molar-refractivity contribution < 1.29 is 9.53 Å². The van der Waals surface area contributed by atoms with Gasteiger partial charge in [0.05, 0.1) is 11.9 Å². The lowest BCUT2D eigenvalue weighted by molar-refractivity contribution is 0.0474. The van der Waals surface area contributed by atoms with E-state index in [1.54, 1.807) is 29.4 Å². The Labute approximate surface area is 95.6 Å². The minimum absolute atomic E-state index is 0.101. The zero-order valence-corrected chi connectivity index (χ0v) is 9.40. The van der Waals surface area contributed by atoms with Gasteiger partial charge in [0.2, 0.25) is 0 Å². The summed E-state index contributed by atoms with van der Waals surface area (Å²) < 4.78 is 6.59. The van der Waals surface area contributed by atoms with E-state index < -0.39 is 5.97 Å². The molecule has 0 radical (unpaired) electrons. The average molecular weight is 238 g/mol. The summed E-state index contributed by atoms with van der Waals surface area (Å²) >= 11 is 1.26. The zero-order chi connectivity index (χ0) is 11.5. The van der Waals surface area contributed by atoms with E-state index in [1.807, 2.05) is 0 Å². The van der Waals surface area contributed by atoms with Gasteiger partial charge in [-0.3, -0.25) is 4.68 Å². The van der Waals surface area contributed by atoms with Crippen LogP contribution in [0.4, 0.5) is 5.69 Å². The maximum Gasteiger partial charge on any atom is 0.350 e. The molecule has 2 rings (SSSR count). The van der Waals surface area contributed by atoms with Crippen molar-refractivity contribution in [3.05, 3.63) is 28.2 Å². The molecular weight excluding hydrogens is 228 g/mol. The molecule has 2 N–H and O–H groups in total. The summed E-state index contributed by atoms with van der Waals surface area (Å²) in [5.41, 5.74) is 6.63. The van der Waals surface area contributed by atoms with Crippen LogP contribution >= 0.6 is 11.3 Å². The molecule has 0 fully saturated rings. The number of rotatable bonds is 3. The van der Waals surface area contributed by atoms with Crippen molar-refractivity contribution in [3.63, 3.8) is 0 Å². The minimum atomic E-state index is -0.432. The first-order chi connectivity index (χ1) is 7.66. The molecule has 16 heavy (non-hydrogen) atoms. The van der Waals surface area contributed by atoms with Crippen LogP contribution in [0.2, 0.25) is 0 Å². The number of carbonyl (C=O) groups is 1. The summed E-state index contributed by atoms with van der Waals surface area (Å²) in [4.78, 5) is 12.0. The molecule has 0 bridgehead atoms. The molecule has 0 aliphatic heterocycles. The van der Waals surface area contributed by atoms with Gasteiger partial charge in [-0.25, -0.2) is 4.79 Å². The molecular formula is C9H10N4O2S. The quantitative estimate of drug-likeness (QED) is 0.800. The number of hydrogen-bond acceptors (Lipinski definition) is 6. The summed E-state index contributed by atoms with van der Waals surface area (Å²) in [6.45, 7) is 0.101.